The van der Waals surface area contributed by atoms with Crippen LogP contribution in [0.5, 0.6) is 0 Å². The minimum absolute atomic E-state index is 0.116. The van der Waals surface area contributed by atoms with Crippen molar-refractivity contribution < 1.29 is 9.00 Å². The van der Waals surface area contributed by atoms with Gasteiger partial charge in [-0.3, -0.25) is 9.00 Å². The van der Waals surface area contributed by atoms with E-state index in [0.717, 1.165) is 36.6 Å². The van der Waals surface area contributed by atoms with Crippen LogP contribution in [0.2, 0.25) is 0 Å². The molecular weight excluding hydrogens is 312 g/mol. The second kappa shape index (κ2) is 7.04. The molecule has 1 aromatic carbocycles. The molecule has 0 unspecified atom stereocenters. The van der Waals surface area contributed by atoms with Crippen LogP contribution in [0, 0.1) is 0 Å². The molecule has 0 bridgehead atoms. The molecule has 1 atom stereocenters. The summed E-state index contributed by atoms with van der Waals surface area (Å²) in [5.74, 6) is 2.34. The highest BCUT2D eigenvalue weighted by atomic mass is 32.2. The molecule has 0 saturated heterocycles. The molecule has 0 fully saturated rings. The Hall–Kier alpha value is -2.02. The maximum absolute atomic E-state index is 12.2. The summed E-state index contributed by atoms with van der Waals surface area (Å²) in [6, 6.07) is 7.28. The lowest BCUT2D eigenvalue weighted by atomic mass is 10.1. The number of rotatable bonds is 6. The van der Waals surface area contributed by atoms with Gasteiger partial charge in [-0.05, 0) is 24.1 Å². The highest BCUT2D eigenvalue weighted by Gasteiger charge is 2.17. The van der Waals surface area contributed by atoms with Crippen molar-refractivity contribution in [3.8, 4) is 0 Å². The van der Waals surface area contributed by atoms with Gasteiger partial charge in [0.1, 0.15) is 11.6 Å². The monoisotopic (exact) mass is 332 g/mol. The summed E-state index contributed by atoms with van der Waals surface area (Å²) in [5.41, 5.74) is 1.51. The molecule has 3 rings (SSSR count). The lowest BCUT2D eigenvalue weighted by molar-refractivity contribution is 0.0954. The Kier molecular flexibility index (Phi) is 4.85. The van der Waals surface area contributed by atoms with Crippen molar-refractivity contribution in [1.82, 2.24) is 20.1 Å². The van der Waals surface area contributed by atoms with Gasteiger partial charge < -0.3 is 9.88 Å². The molecule has 1 aliphatic rings. The maximum Gasteiger partial charge on any atom is 0.251 e. The van der Waals surface area contributed by atoms with Crippen LogP contribution < -0.4 is 5.32 Å². The van der Waals surface area contributed by atoms with Crippen molar-refractivity contribution in [3.63, 3.8) is 0 Å². The maximum atomic E-state index is 12.2. The topological polar surface area (TPSA) is 76.9 Å². The number of carbonyl (C=O) groups excluding carboxylic acids is 1. The molecule has 1 N–H and O–H groups in total. The number of nitrogens with one attached hydrogen (secondary N) is 1. The van der Waals surface area contributed by atoms with Crippen molar-refractivity contribution in [2.75, 3.05) is 12.8 Å². The lowest BCUT2D eigenvalue weighted by Gasteiger charge is -2.07. The van der Waals surface area contributed by atoms with Gasteiger partial charge in [-0.2, -0.15) is 0 Å². The van der Waals surface area contributed by atoms with Crippen molar-refractivity contribution in [2.45, 2.75) is 31.6 Å². The van der Waals surface area contributed by atoms with Crippen molar-refractivity contribution in [2.24, 2.45) is 0 Å². The predicted octanol–water partition coefficient (Wildman–Crippen LogP) is 1.08. The van der Waals surface area contributed by atoms with E-state index in [2.05, 4.69) is 20.1 Å². The zero-order valence-electron chi connectivity index (χ0n) is 13.1. The molecule has 0 aliphatic carbocycles. The van der Waals surface area contributed by atoms with Crippen LogP contribution in [-0.2, 0) is 35.9 Å². The highest BCUT2D eigenvalue weighted by molar-refractivity contribution is 7.83. The van der Waals surface area contributed by atoms with E-state index in [4.69, 9.17) is 0 Å². The van der Waals surface area contributed by atoms with Crippen LogP contribution in [0.15, 0.2) is 24.3 Å². The fourth-order valence-electron chi connectivity index (χ4n) is 2.82. The van der Waals surface area contributed by atoms with Gasteiger partial charge in [0.15, 0.2) is 0 Å². The number of fused-ring (bicyclic) bond motifs is 1. The fraction of sp³-hybridized carbons (Fsp3) is 0.438. The number of amides is 1. The van der Waals surface area contributed by atoms with Crippen molar-refractivity contribution in [3.05, 3.63) is 47.0 Å². The van der Waals surface area contributed by atoms with Crippen LogP contribution in [0.4, 0.5) is 0 Å². The number of hydrogen-bond donors (Lipinski definition) is 1. The number of hydrogen-bond acceptors (Lipinski definition) is 4. The molecule has 23 heavy (non-hydrogen) atoms. The highest BCUT2D eigenvalue weighted by Crippen LogP contribution is 2.14. The van der Waals surface area contributed by atoms with E-state index in [1.807, 2.05) is 12.1 Å². The average molecular weight is 332 g/mol. The van der Waals surface area contributed by atoms with E-state index in [1.54, 1.807) is 18.4 Å². The summed E-state index contributed by atoms with van der Waals surface area (Å²) < 4.78 is 13.4. The first kappa shape index (κ1) is 15.9. The summed E-state index contributed by atoms with van der Waals surface area (Å²) >= 11 is 0. The van der Waals surface area contributed by atoms with Gasteiger partial charge in [-0.25, -0.2) is 0 Å². The number of carbonyl (C=O) groups is 1. The number of nitrogens with zero attached hydrogens (tertiary/aromatic N) is 3. The minimum atomic E-state index is -0.914. The van der Waals surface area contributed by atoms with E-state index in [1.165, 1.54) is 0 Å². The molecule has 1 aliphatic heterocycles. The smallest absolute Gasteiger partial charge is 0.251 e. The molecule has 7 heteroatoms. The van der Waals surface area contributed by atoms with Gasteiger partial charge in [0, 0.05) is 54.3 Å². The predicted molar refractivity (Wildman–Crippen MR) is 88.6 cm³/mol. The van der Waals surface area contributed by atoms with Crippen molar-refractivity contribution >= 4 is 16.7 Å². The summed E-state index contributed by atoms with van der Waals surface area (Å²) in [6.07, 6.45) is 4.45. The number of benzene rings is 1. The van der Waals surface area contributed by atoms with Crippen LogP contribution in [0.3, 0.4) is 0 Å². The molecule has 1 amide bonds. The van der Waals surface area contributed by atoms with E-state index in [9.17, 15) is 9.00 Å². The third-order valence-electron chi connectivity index (χ3n) is 3.88. The van der Waals surface area contributed by atoms with Gasteiger partial charge in [0.05, 0.1) is 0 Å². The average Bonchev–Trinajstić information content (AvgIpc) is 3.11. The summed E-state index contributed by atoms with van der Waals surface area (Å²) in [7, 11) is -0.914. The second-order valence-electron chi connectivity index (χ2n) is 5.71. The molecule has 2 heterocycles. The van der Waals surface area contributed by atoms with E-state index in [0.29, 0.717) is 24.3 Å². The Morgan fingerprint density at radius 1 is 1.39 bits per heavy atom. The minimum Gasteiger partial charge on any atom is -0.352 e. The van der Waals surface area contributed by atoms with Crippen molar-refractivity contribution in [1.29, 1.82) is 0 Å². The molecule has 0 radical (unpaired) electrons. The molecule has 1 aromatic heterocycles. The summed E-state index contributed by atoms with van der Waals surface area (Å²) in [4.78, 5) is 12.2. The normalized spacial score (nSPS) is 14.5. The SMILES string of the molecule is C[S@@](=O)Cc1cccc(C(=O)NCCc2nnc3n2CCC3)c1. The van der Waals surface area contributed by atoms with E-state index >= 15 is 0 Å². The Balaban J connectivity index is 1.56. The zero-order valence-corrected chi connectivity index (χ0v) is 13.9. The molecule has 0 spiro atoms. The quantitative estimate of drug-likeness (QED) is 0.858. The Morgan fingerprint density at radius 2 is 2.26 bits per heavy atom. The van der Waals surface area contributed by atoms with Crippen LogP contribution in [-0.4, -0.2) is 37.7 Å². The van der Waals surface area contributed by atoms with E-state index < -0.39 is 10.8 Å². The molecular formula is C16H20N4O2S. The molecule has 122 valence electrons. The number of aryl methyl sites for hydroxylation is 1. The van der Waals surface area contributed by atoms with Crippen LogP contribution >= 0.6 is 0 Å². The Labute approximate surface area is 137 Å². The summed E-state index contributed by atoms with van der Waals surface area (Å²) in [5, 5.41) is 11.3. The fourth-order valence-corrected chi connectivity index (χ4v) is 3.47. The summed E-state index contributed by atoms with van der Waals surface area (Å²) in [6.45, 7) is 1.50. The van der Waals surface area contributed by atoms with Gasteiger partial charge in [0.2, 0.25) is 0 Å². The van der Waals surface area contributed by atoms with Crippen LogP contribution in [0.25, 0.3) is 0 Å². The van der Waals surface area contributed by atoms with Gasteiger partial charge >= 0.3 is 0 Å². The second-order valence-corrected chi connectivity index (χ2v) is 7.15. The Bertz CT molecular complexity index is 741. The van der Waals surface area contributed by atoms with E-state index in [-0.39, 0.29) is 5.91 Å². The molecule has 2 aromatic rings. The molecule has 0 saturated carbocycles. The number of aromatic nitrogens is 3. The van der Waals surface area contributed by atoms with Crippen LogP contribution in [0.1, 0.15) is 34.0 Å². The van der Waals surface area contributed by atoms with Gasteiger partial charge in [-0.1, -0.05) is 12.1 Å². The zero-order chi connectivity index (χ0) is 16.2. The van der Waals surface area contributed by atoms with Gasteiger partial charge in [-0.15, -0.1) is 10.2 Å². The molecule has 6 nitrogen and oxygen atoms in total. The third-order valence-corrected chi connectivity index (χ3v) is 4.62. The first-order chi connectivity index (χ1) is 11.1. The standard InChI is InChI=1S/C16H20N4O2S/c1-23(22)11-12-4-2-5-13(10-12)16(21)17-8-7-15-19-18-14-6-3-9-20(14)15/h2,4-5,10H,3,6-9,11H2,1H3,(H,17,21)/t23-/m1/s1. The van der Waals surface area contributed by atoms with Gasteiger partial charge in [0.25, 0.3) is 5.91 Å². The Morgan fingerprint density at radius 3 is 3.09 bits per heavy atom. The lowest BCUT2D eigenvalue weighted by Crippen LogP contribution is -2.26. The first-order valence-electron chi connectivity index (χ1n) is 7.71. The first-order valence-corrected chi connectivity index (χ1v) is 9.44. The largest absolute Gasteiger partial charge is 0.352 e. The third kappa shape index (κ3) is 3.85.